The Morgan fingerprint density at radius 2 is 2.09 bits per heavy atom. The number of carbonyl (C=O) groups excluding carboxylic acids is 1. The second kappa shape index (κ2) is 9.53. The van der Waals surface area contributed by atoms with Gasteiger partial charge in [0.05, 0.1) is 23.2 Å². The Labute approximate surface area is 193 Å². The van der Waals surface area contributed by atoms with E-state index in [-0.39, 0.29) is 18.3 Å². The molecular formula is C21H23N7O2S2. The van der Waals surface area contributed by atoms with Gasteiger partial charge < -0.3 is 15.9 Å². The molecular weight excluding hydrogens is 446 g/mol. The van der Waals surface area contributed by atoms with Crippen molar-refractivity contribution < 1.29 is 9.53 Å². The average molecular weight is 470 g/mol. The summed E-state index contributed by atoms with van der Waals surface area (Å²) in [5.41, 5.74) is 4.29. The number of hydrogen-bond donors (Lipinski definition) is 2. The number of thioether (sulfide) groups is 1. The summed E-state index contributed by atoms with van der Waals surface area (Å²) in [6.45, 7) is 6.44. The molecule has 2 heterocycles. The number of rotatable bonds is 8. The summed E-state index contributed by atoms with van der Waals surface area (Å²) in [4.78, 5) is 12.4. The zero-order valence-corrected chi connectivity index (χ0v) is 19.5. The van der Waals surface area contributed by atoms with Crippen LogP contribution in [0.15, 0.2) is 41.6 Å². The van der Waals surface area contributed by atoms with E-state index in [9.17, 15) is 4.79 Å². The van der Waals surface area contributed by atoms with Crippen molar-refractivity contribution in [2.45, 2.75) is 38.5 Å². The number of amides is 1. The molecule has 1 amide bonds. The number of aryl methyl sites for hydroxylation is 1. The van der Waals surface area contributed by atoms with Gasteiger partial charge in [0.25, 0.3) is 0 Å². The van der Waals surface area contributed by atoms with E-state index < -0.39 is 0 Å². The van der Waals surface area contributed by atoms with Gasteiger partial charge in [-0.05, 0) is 42.2 Å². The maximum absolute atomic E-state index is 12.4. The quantitative estimate of drug-likeness (QED) is 0.296. The molecule has 0 radical (unpaired) electrons. The van der Waals surface area contributed by atoms with E-state index in [2.05, 4.69) is 50.2 Å². The summed E-state index contributed by atoms with van der Waals surface area (Å²) in [5, 5.41) is 11.5. The van der Waals surface area contributed by atoms with E-state index in [1.165, 1.54) is 16.4 Å². The molecule has 166 valence electrons. The first-order valence-electron chi connectivity index (χ1n) is 9.99. The molecule has 2 aromatic heterocycles. The Bertz CT molecular complexity index is 1250. The molecule has 0 aliphatic rings. The molecule has 0 fully saturated rings. The molecule has 3 N–H and O–H groups in total. The maximum Gasteiger partial charge on any atom is 0.234 e. The number of nitrogens with two attached hydrogens (primary N) is 1. The number of nitrogen functional groups attached to an aromatic ring is 1. The third-order valence-electron chi connectivity index (χ3n) is 4.78. The van der Waals surface area contributed by atoms with Crippen LogP contribution >= 0.6 is 23.5 Å². The van der Waals surface area contributed by atoms with Crippen LogP contribution in [-0.4, -0.2) is 35.3 Å². The van der Waals surface area contributed by atoms with Crippen molar-refractivity contribution in [1.29, 1.82) is 0 Å². The van der Waals surface area contributed by atoms with E-state index in [1.807, 2.05) is 25.1 Å². The monoisotopic (exact) mass is 469 g/mol. The van der Waals surface area contributed by atoms with Gasteiger partial charge in [0.2, 0.25) is 11.1 Å². The van der Waals surface area contributed by atoms with Crippen molar-refractivity contribution in [1.82, 2.24) is 23.6 Å². The Morgan fingerprint density at radius 1 is 1.25 bits per heavy atom. The third kappa shape index (κ3) is 4.83. The zero-order valence-electron chi connectivity index (χ0n) is 17.9. The number of benzene rings is 2. The van der Waals surface area contributed by atoms with Crippen molar-refractivity contribution >= 4 is 46.1 Å². The molecule has 0 aliphatic heterocycles. The molecule has 11 heteroatoms. The third-order valence-corrected chi connectivity index (χ3v) is 6.26. The van der Waals surface area contributed by atoms with Crippen molar-refractivity contribution in [3.8, 4) is 5.75 Å². The largest absolute Gasteiger partial charge is 0.485 e. The highest BCUT2D eigenvalue weighted by Crippen LogP contribution is 2.28. The van der Waals surface area contributed by atoms with Crippen LogP contribution in [0.25, 0.3) is 11.0 Å². The molecule has 0 unspecified atom stereocenters. The lowest BCUT2D eigenvalue weighted by Crippen LogP contribution is -2.18. The summed E-state index contributed by atoms with van der Waals surface area (Å²) < 4.78 is 15.8. The van der Waals surface area contributed by atoms with E-state index >= 15 is 0 Å². The van der Waals surface area contributed by atoms with Crippen LogP contribution < -0.4 is 15.9 Å². The summed E-state index contributed by atoms with van der Waals surface area (Å²) in [7, 11) is 0. The first kappa shape index (κ1) is 22.0. The highest BCUT2D eigenvalue weighted by molar-refractivity contribution is 7.99. The van der Waals surface area contributed by atoms with Crippen molar-refractivity contribution in [3.05, 3.63) is 53.3 Å². The smallest absolute Gasteiger partial charge is 0.234 e. The number of carbonyl (C=O) groups is 1. The summed E-state index contributed by atoms with van der Waals surface area (Å²) >= 11 is 2.31. The highest BCUT2D eigenvalue weighted by atomic mass is 32.2. The van der Waals surface area contributed by atoms with Gasteiger partial charge in [0, 0.05) is 0 Å². The molecule has 0 aliphatic carbocycles. The Morgan fingerprint density at radius 3 is 2.91 bits per heavy atom. The van der Waals surface area contributed by atoms with Crippen LogP contribution in [0.1, 0.15) is 36.7 Å². The van der Waals surface area contributed by atoms with Crippen molar-refractivity contribution in [3.63, 3.8) is 0 Å². The van der Waals surface area contributed by atoms with Crippen LogP contribution in [0.5, 0.6) is 5.75 Å². The molecule has 4 rings (SSSR count). The highest BCUT2D eigenvalue weighted by Gasteiger charge is 2.15. The summed E-state index contributed by atoms with van der Waals surface area (Å²) in [6, 6.07) is 11.6. The minimum atomic E-state index is -0.197. The van der Waals surface area contributed by atoms with Gasteiger partial charge in [0.15, 0.2) is 5.82 Å². The van der Waals surface area contributed by atoms with Crippen molar-refractivity contribution in [2.75, 3.05) is 16.9 Å². The van der Waals surface area contributed by atoms with Crippen LogP contribution in [0.3, 0.4) is 0 Å². The Kier molecular flexibility index (Phi) is 6.56. The molecule has 9 nitrogen and oxygen atoms in total. The predicted molar refractivity (Wildman–Crippen MR) is 127 cm³/mol. The van der Waals surface area contributed by atoms with E-state index in [0.29, 0.717) is 28.1 Å². The maximum atomic E-state index is 12.4. The van der Waals surface area contributed by atoms with Crippen LogP contribution in [0.2, 0.25) is 0 Å². The molecule has 0 saturated heterocycles. The number of aromatic nitrogens is 5. The van der Waals surface area contributed by atoms with Gasteiger partial charge in [-0.2, -0.15) is 8.75 Å². The van der Waals surface area contributed by atoms with E-state index in [1.54, 1.807) is 6.07 Å². The van der Waals surface area contributed by atoms with E-state index in [4.69, 9.17) is 10.6 Å². The number of nitrogens with zero attached hydrogens (tertiary/aromatic N) is 5. The zero-order chi connectivity index (χ0) is 22.7. The van der Waals surface area contributed by atoms with Gasteiger partial charge in [-0.15, -0.1) is 10.2 Å². The SMILES string of the molecule is Cc1ccc(C(C)C)c(OCc2nnc(SCC(=O)Nc3cccc4nsnc34)n2N)c1. The summed E-state index contributed by atoms with van der Waals surface area (Å²) in [5.74, 6) is 7.68. The minimum absolute atomic E-state index is 0.125. The number of hydrogen-bond acceptors (Lipinski definition) is 9. The van der Waals surface area contributed by atoms with Crippen molar-refractivity contribution in [2.24, 2.45) is 0 Å². The molecule has 0 spiro atoms. The van der Waals surface area contributed by atoms with Gasteiger partial charge in [-0.3, -0.25) is 4.79 Å². The van der Waals surface area contributed by atoms with Gasteiger partial charge >= 0.3 is 0 Å². The number of fused-ring (bicyclic) bond motifs is 1. The molecule has 0 bridgehead atoms. The van der Waals surface area contributed by atoms with Crippen LogP contribution in [-0.2, 0) is 11.4 Å². The second-order valence-electron chi connectivity index (χ2n) is 7.53. The first-order chi connectivity index (χ1) is 15.4. The molecule has 32 heavy (non-hydrogen) atoms. The van der Waals surface area contributed by atoms with Gasteiger partial charge in [-0.1, -0.05) is 43.8 Å². The lowest BCUT2D eigenvalue weighted by Gasteiger charge is -2.14. The van der Waals surface area contributed by atoms with Crippen LogP contribution in [0.4, 0.5) is 5.69 Å². The molecule has 0 saturated carbocycles. The lowest BCUT2D eigenvalue weighted by atomic mass is 10.0. The first-order valence-corrected chi connectivity index (χ1v) is 11.7. The molecule has 0 atom stereocenters. The molecule has 4 aromatic rings. The van der Waals surface area contributed by atoms with E-state index in [0.717, 1.165) is 34.1 Å². The van der Waals surface area contributed by atoms with Crippen LogP contribution in [0, 0.1) is 6.92 Å². The fourth-order valence-electron chi connectivity index (χ4n) is 3.11. The standard InChI is InChI=1S/C21H23N7O2S2/c1-12(2)14-8-7-13(3)9-17(14)30-10-18-24-25-21(28(18)22)31-11-19(29)23-15-5-4-6-16-20(15)27-32-26-16/h4-9,12H,10-11,22H2,1-3H3,(H,23,29). The Balaban J connectivity index is 1.37. The molecule has 2 aromatic carbocycles. The number of anilines is 1. The normalized spacial score (nSPS) is 11.2. The van der Waals surface area contributed by atoms with Gasteiger partial charge in [-0.25, -0.2) is 4.68 Å². The predicted octanol–water partition coefficient (Wildman–Crippen LogP) is 3.74. The van der Waals surface area contributed by atoms with Gasteiger partial charge in [0.1, 0.15) is 23.4 Å². The number of ether oxygens (including phenoxy) is 1. The fraction of sp³-hybridized carbons (Fsp3) is 0.286. The topological polar surface area (TPSA) is 121 Å². The number of nitrogens with one attached hydrogen (secondary N) is 1. The average Bonchev–Trinajstić information content (AvgIpc) is 3.38. The second-order valence-corrected chi connectivity index (χ2v) is 9.00. The minimum Gasteiger partial charge on any atom is -0.485 e. The Hall–Kier alpha value is -3.18. The lowest BCUT2D eigenvalue weighted by molar-refractivity contribution is -0.113. The summed E-state index contributed by atoms with van der Waals surface area (Å²) in [6.07, 6.45) is 0. The fourth-order valence-corrected chi connectivity index (χ4v) is 4.34.